The Morgan fingerprint density at radius 3 is 2.71 bits per heavy atom. The highest BCUT2D eigenvalue weighted by atomic mass is 16.6. The first-order valence-corrected chi connectivity index (χ1v) is 4.94. The summed E-state index contributed by atoms with van der Waals surface area (Å²) in [5, 5.41) is 14.8. The summed E-state index contributed by atoms with van der Waals surface area (Å²) in [6, 6.07) is 6.58. The molecule has 1 aromatic heterocycles. The standard InChI is InChI=1S/C11H11N3O3/c1-13-9(5-6-12-13)8-3-4-10(14(15)16)11(7-8)17-2/h3-7H,1-2H3. The molecule has 2 aromatic rings. The minimum Gasteiger partial charge on any atom is -0.490 e. The monoisotopic (exact) mass is 233 g/mol. The summed E-state index contributed by atoms with van der Waals surface area (Å²) >= 11 is 0. The number of methoxy groups -OCH3 is 1. The molecule has 1 aromatic carbocycles. The second-order valence-corrected chi connectivity index (χ2v) is 3.48. The zero-order valence-electron chi connectivity index (χ0n) is 9.45. The zero-order chi connectivity index (χ0) is 12.4. The first kappa shape index (κ1) is 11.1. The van der Waals surface area contributed by atoms with Crippen LogP contribution in [0.25, 0.3) is 11.3 Å². The van der Waals surface area contributed by atoms with Crippen LogP contribution in [0.2, 0.25) is 0 Å². The van der Waals surface area contributed by atoms with Gasteiger partial charge in [-0.1, -0.05) is 0 Å². The van der Waals surface area contributed by atoms with Crippen LogP contribution >= 0.6 is 0 Å². The summed E-state index contributed by atoms with van der Waals surface area (Å²) in [7, 11) is 3.22. The molecule has 6 heteroatoms. The van der Waals surface area contributed by atoms with E-state index in [0.717, 1.165) is 11.3 Å². The SMILES string of the molecule is COc1cc(-c2ccnn2C)ccc1[N+](=O)[O-]. The van der Waals surface area contributed by atoms with Crippen LogP contribution in [0.15, 0.2) is 30.5 Å². The van der Waals surface area contributed by atoms with Gasteiger partial charge in [0.2, 0.25) is 0 Å². The lowest BCUT2D eigenvalue weighted by Crippen LogP contribution is -1.96. The first-order chi connectivity index (χ1) is 8.13. The summed E-state index contributed by atoms with van der Waals surface area (Å²) in [5.41, 5.74) is 1.66. The third-order valence-corrected chi connectivity index (χ3v) is 2.49. The molecule has 17 heavy (non-hydrogen) atoms. The van der Waals surface area contributed by atoms with Crippen LogP contribution in [-0.4, -0.2) is 21.8 Å². The van der Waals surface area contributed by atoms with Crippen LogP contribution in [-0.2, 0) is 7.05 Å². The van der Waals surface area contributed by atoms with Gasteiger partial charge in [-0.05, 0) is 18.2 Å². The molecule has 0 amide bonds. The Bertz CT molecular complexity index is 563. The molecule has 0 unspecified atom stereocenters. The minimum atomic E-state index is -0.466. The zero-order valence-corrected chi connectivity index (χ0v) is 9.45. The van der Waals surface area contributed by atoms with Crippen molar-refractivity contribution in [1.82, 2.24) is 9.78 Å². The third-order valence-electron chi connectivity index (χ3n) is 2.49. The van der Waals surface area contributed by atoms with Gasteiger partial charge in [-0.25, -0.2) is 0 Å². The average molecular weight is 233 g/mol. The van der Waals surface area contributed by atoms with E-state index in [1.807, 2.05) is 13.1 Å². The molecule has 2 rings (SSSR count). The Labute approximate surface area is 97.6 Å². The maximum atomic E-state index is 10.8. The van der Waals surface area contributed by atoms with Gasteiger partial charge < -0.3 is 4.74 Å². The van der Waals surface area contributed by atoms with Crippen molar-refractivity contribution in [3.05, 3.63) is 40.6 Å². The molecule has 0 aliphatic carbocycles. The summed E-state index contributed by atoms with van der Waals surface area (Å²) in [6.45, 7) is 0. The number of nitro groups is 1. The summed E-state index contributed by atoms with van der Waals surface area (Å²) in [4.78, 5) is 10.3. The number of aryl methyl sites for hydroxylation is 1. The largest absolute Gasteiger partial charge is 0.490 e. The van der Waals surface area contributed by atoms with Gasteiger partial charge in [0.15, 0.2) is 5.75 Å². The summed E-state index contributed by atoms with van der Waals surface area (Å²) in [5.74, 6) is 0.244. The quantitative estimate of drug-likeness (QED) is 0.600. The van der Waals surface area contributed by atoms with Gasteiger partial charge in [-0.15, -0.1) is 0 Å². The lowest BCUT2D eigenvalue weighted by molar-refractivity contribution is -0.385. The minimum absolute atomic E-state index is 0.0431. The van der Waals surface area contributed by atoms with Crippen molar-refractivity contribution in [1.29, 1.82) is 0 Å². The fourth-order valence-corrected chi connectivity index (χ4v) is 1.64. The van der Waals surface area contributed by atoms with Gasteiger partial charge in [0, 0.05) is 24.9 Å². The van der Waals surface area contributed by atoms with Gasteiger partial charge in [-0.3, -0.25) is 14.8 Å². The van der Waals surface area contributed by atoms with E-state index in [0.29, 0.717) is 0 Å². The lowest BCUT2D eigenvalue weighted by Gasteiger charge is -2.05. The predicted molar refractivity (Wildman–Crippen MR) is 61.9 cm³/mol. The maximum absolute atomic E-state index is 10.8. The molecule has 0 saturated heterocycles. The van der Waals surface area contributed by atoms with E-state index in [1.165, 1.54) is 13.2 Å². The number of hydrogen-bond acceptors (Lipinski definition) is 4. The van der Waals surface area contributed by atoms with Crippen molar-refractivity contribution in [3.8, 4) is 17.0 Å². The Kier molecular flexibility index (Phi) is 2.78. The number of hydrogen-bond donors (Lipinski definition) is 0. The van der Waals surface area contributed by atoms with Gasteiger partial charge >= 0.3 is 5.69 Å². The van der Waals surface area contributed by atoms with Gasteiger partial charge in [0.1, 0.15) is 0 Å². The van der Waals surface area contributed by atoms with Crippen molar-refractivity contribution in [2.75, 3.05) is 7.11 Å². The Morgan fingerprint density at radius 1 is 1.41 bits per heavy atom. The predicted octanol–water partition coefficient (Wildman–Crippen LogP) is 2.00. The highest BCUT2D eigenvalue weighted by Crippen LogP contribution is 2.31. The molecule has 88 valence electrons. The molecule has 0 N–H and O–H groups in total. The number of nitro benzene ring substituents is 1. The lowest BCUT2D eigenvalue weighted by atomic mass is 10.1. The molecule has 0 aliphatic rings. The second kappa shape index (κ2) is 4.25. The van der Waals surface area contributed by atoms with Crippen LogP contribution in [0.4, 0.5) is 5.69 Å². The fourth-order valence-electron chi connectivity index (χ4n) is 1.64. The molecule has 0 spiro atoms. The molecule has 0 aliphatic heterocycles. The Balaban J connectivity index is 2.52. The van der Waals surface area contributed by atoms with Crippen molar-refractivity contribution in [2.24, 2.45) is 7.05 Å². The van der Waals surface area contributed by atoms with Crippen LogP contribution < -0.4 is 4.74 Å². The second-order valence-electron chi connectivity index (χ2n) is 3.48. The highest BCUT2D eigenvalue weighted by molar-refractivity contribution is 5.65. The molecular weight excluding hydrogens is 222 g/mol. The van der Waals surface area contributed by atoms with Crippen molar-refractivity contribution < 1.29 is 9.66 Å². The molecular formula is C11H11N3O3. The van der Waals surface area contributed by atoms with Crippen LogP contribution in [0.1, 0.15) is 0 Å². The average Bonchev–Trinajstić information content (AvgIpc) is 2.74. The third kappa shape index (κ3) is 1.96. The molecule has 6 nitrogen and oxygen atoms in total. The van der Waals surface area contributed by atoms with Crippen molar-refractivity contribution in [3.63, 3.8) is 0 Å². The number of rotatable bonds is 3. The molecule has 0 fully saturated rings. The van der Waals surface area contributed by atoms with Gasteiger partial charge in [0.05, 0.1) is 17.7 Å². The summed E-state index contributed by atoms with van der Waals surface area (Å²) in [6.07, 6.45) is 1.67. The van der Waals surface area contributed by atoms with Gasteiger partial charge in [0.25, 0.3) is 0 Å². The Morgan fingerprint density at radius 2 is 2.18 bits per heavy atom. The van der Waals surface area contributed by atoms with E-state index < -0.39 is 4.92 Å². The first-order valence-electron chi connectivity index (χ1n) is 4.94. The topological polar surface area (TPSA) is 70.2 Å². The molecule has 0 bridgehead atoms. The van der Waals surface area contributed by atoms with E-state index in [-0.39, 0.29) is 11.4 Å². The van der Waals surface area contributed by atoms with Crippen LogP contribution in [0.5, 0.6) is 5.75 Å². The smallest absolute Gasteiger partial charge is 0.310 e. The fraction of sp³-hybridized carbons (Fsp3) is 0.182. The van der Waals surface area contributed by atoms with Crippen molar-refractivity contribution in [2.45, 2.75) is 0 Å². The molecule has 0 saturated carbocycles. The van der Waals surface area contributed by atoms with Crippen LogP contribution in [0.3, 0.4) is 0 Å². The van der Waals surface area contributed by atoms with E-state index in [4.69, 9.17) is 4.74 Å². The van der Waals surface area contributed by atoms with E-state index in [1.54, 1.807) is 23.0 Å². The normalized spacial score (nSPS) is 10.2. The van der Waals surface area contributed by atoms with E-state index in [2.05, 4.69) is 5.10 Å². The molecule has 0 radical (unpaired) electrons. The Hall–Kier alpha value is -2.37. The van der Waals surface area contributed by atoms with Crippen LogP contribution in [0, 0.1) is 10.1 Å². The number of ether oxygens (including phenoxy) is 1. The number of nitrogens with zero attached hydrogens (tertiary/aromatic N) is 3. The van der Waals surface area contributed by atoms with E-state index >= 15 is 0 Å². The summed E-state index contributed by atoms with van der Waals surface area (Å²) < 4.78 is 6.71. The number of aromatic nitrogens is 2. The van der Waals surface area contributed by atoms with E-state index in [9.17, 15) is 10.1 Å². The van der Waals surface area contributed by atoms with Crippen molar-refractivity contribution >= 4 is 5.69 Å². The maximum Gasteiger partial charge on any atom is 0.310 e. The number of benzene rings is 1. The van der Waals surface area contributed by atoms with Gasteiger partial charge in [-0.2, -0.15) is 5.10 Å². The highest BCUT2D eigenvalue weighted by Gasteiger charge is 2.15. The molecule has 0 atom stereocenters. The molecule has 1 heterocycles.